The molecule has 1 aromatic carbocycles. The van der Waals surface area contributed by atoms with Gasteiger partial charge in [-0.25, -0.2) is 0 Å². The lowest BCUT2D eigenvalue weighted by Gasteiger charge is -2.20. The Balaban J connectivity index is 1.77. The molecule has 21 heavy (non-hydrogen) atoms. The summed E-state index contributed by atoms with van der Waals surface area (Å²) in [6.45, 7) is 1.77. The molecule has 1 aliphatic heterocycles. The highest BCUT2D eigenvalue weighted by Crippen LogP contribution is 2.19. The number of benzene rings is 1. The van der Waals surface area contributed by atoms with Gasteiger partial charge in [0.05, 0.1) is 23.3 Å². The van der Waals surface area contributed by atoms with Gasteiger partial charge in [0.2, 0.25) is 5.91 Å². The second-order valence-electron chi connectivity index (χ2n) is 5.69. The molecule has 2 N–H and O–H groups in total. The van der Waals surface area contributed by atoms with Crippen molar-refractivity contribution in [1.82, 2.24) is 9.88 Å². The van der Waals surface area contributed by atoms with E-state index >= 15 is 0 Å². The number of nitrogens with zero attached hydrogens (tertiary/aromatic N) is 2. The largest absolute Gasteiger partial charge is 0.397 e. The molecule has 1 amide bonds. The summed E-state index contributed by atoms with van der Waals surface area (Å²) in [6.07, 6.45) is 5.06. The molecule has 0 unspecified atom stereocenters. The van der Waals surface area contributed by atoms with Gasteiger partial charge in [-0.1, -0.05) is 31.0 Å². The van der Waals surface area contributed by atoms with Crippen LogP contribution in [0.3, 0.4) is 0 Å². The zero-order valence-corrected chi connectivity index (χ0v) is 12.2. The topological polar surface area (TPSA) is 59.2 Å². The van der Waals surface area contributed by atoms with Gasteiger partial charge in [0.15, 0.2) is 0 Å². The van der Waals surface area contributed by atoms with Crippen LogP contribution in [0.25, 0.3) is 10.9 Å². The lowest BCUT2D eigenvalue weighted by molar-refractivity contribution is -0.130. The van der Waals surface area contributed by atoms with E-state index in [9.17, 15) is 4.79 Å². The summed E-state index contributed by atoms with van der Waals surface area (Å²) in [7, 11) is 0. The van der Waals surface area contributed by atoms with Crippen molar-refractivity contribution in [1.29, 1.82) is 0 Å². The molecule has 3 rings (SSSR count). The molecular weight excluding hydrogens is 262 g/mol. The highest BCUT2D eigenvalue weighted by molar-refractivity contribution is 5.89. The van der Waals surface area contributed by atoms with Crippen molar-refractivity contribution in [2.75, 3.05) is 18.8 Å². The lowest BCUT2D eigenvalue weighted by Crippen LogP contribution is -2.33. The first-order chi connectivity index (χ1) is 10.2. The Morgan fingerprint density at radius 3 is 2.62 bits per heavy atom. The molecular formula is C17H21N3O. The first-order valence-corrected chi connectivity index (χ1v) is 7.66. The van der Waals surface area contributed by atoms with Gasteiger partial charge in [-0.2, -0.15) is 0 Å². The monoisotopic (exact) mass is 283 g/mol. The van der Waals surface area contributed by atoms with Crippen molar-refractivity contribution in [2.45, 2.75) is 32.1 Å². The smallest absolute Gasteiger partial charge is 0.228 e. The molecule has 0 bridgehead atoms. The Hall–Kier alpha value is -2.10. The third-order valence-electron chi connectivity index (χ3n) is 4.10. The number of hydrogen-bond acceptors (Lipinski definition) is 3. The fourth-order valence-corrected chi connectivity index (χ4v) is 2.90. The summed E-state index contributed by atoms with van der Waals surface area (Å²) in [5, 5.41) is 1.01. The van der Waals surface area contributed by atoms with E-state index in [1.807, 2.05) is 35.2 Å². The molecule has 0 saturated carbocycles. The average molecular weight is 283 g/mol. The number of rotatable bonds is 2. The Morgan fingerprint density at radius 1 is 1.10 bits per heavy atom. The Labute approximate surface area is 125 Å². The first-order valence-electron chi connectivity index (χ1n) is 7.66. The van der Waals surface area contributed by atoms with Gasteiger partial charge in [0, 0.05) is 18.5 Å². The standard InChI is InChI=1S/C17H21N3O/c18-15-7-5-6-13-8-9-14(19-17(13)15)12-16(21)20-10-3-1-2-4-11-20/h5-9H,1-4,10-12,18H2. The molecule has 4 heteroatoms. The number of carbonyl (C=O) groups excluding carboxylic acids is 1. The summed E-state index contributed by atoms with van der Waals surface area (Å²) in [5.74, 6) is 0.179. The maximum absolute atomic E-state index is 12.4. The van der Waals surface area contributed by atoms with Crippen molar-refractivity contribution in [3.8, 4) is 0 Å². The minimum absolute atomic E-state index is 0.179. The van der Waals surface area contributed by atoms with Gasteiger partial charge in [-0.05, 0) is 25.0 Å². The Kier molecular flexibility index (Phi) is 4.04. The molecule has 0 aliphatic carbocycles. The number of pyridine rings is 1. The number of nitrogen functional groups attached to an aromatic ring is 1. The predicted octanol–water partition coefficient (Wildman–Crippen LogP) is 2.76. The molecule has 1 fully saturated rings. The number of amides is 1. The zero-order chi connectivity index (χ0) is 14.7. The van der Waals surface area contributed by atoms with Gasteiger partial charge in [-0.3, -0.25) is 9.78 Å². The fraction of sp³-hybridized carbons (Fsp3) is 0.412. The highest BCUT2D eigenvalue weighted by atomic mass is 16.2. The van der Waals surface area contributed by atoms with E-state index < -0.39 is 0 Å². The molecule has 0 atom stereocenters. The van der Waals surface area contributed by atoms with Crippen LogP contribution in [0.4, 0.5) is 5.69 Å². The van der Waals surface area contributed by atoms with Gasteiger partial charge in [-0.15, -0.1) is 0 Å². The SMILES string of the molecule is Nc1cccc2ccc(CC(=O)N3CCCCCC3)nc12. The molecule has 2 heterocycles. The van der Waals surface area contributed by atoms with Crippen LogP contribution in [0.15, 0.2) is 30.3 Å². The van der Waals surface area contributed by atoms with Crippen molar-refractivity contribution < 1.29 is 4.79 Å². The van der Waals surface area contributed by atoms with Crippen LogP contribution in [-0.4, -0.2) is 28.9 Å². The molecule has 0 radical (unpaired) electrons. The lowest BCUT2D eigenvalue weighted by atomic mass is 10.1. The third-order valence-corrected chi connectivity index (χ3v) is 4.10. The maximum atomic E-state index is 12.4. The number of likely N-dealkylation sites (tertiary alicyclic amines) is 1. The van der Waals surface area contributed by atoms with E-state index in [1.165, 1.54) is 12.8 Å². The number of anilines is 1. The second-order valence-corrected chi connectivity index (χ2v) is 5.69. The molecule has 2 aromatic rings. The average Bonchev–Trinajstić information content (AvgIpc) is 2.77. The first kappa shape index (κ1) is 13.9. The van der Waals surface area contributed by atoms with Crippen molar-refractivity contribution >= 4 is 22.5 Å². The molecule has 1 saturated heterocycles. The predicted molar refractivity (Wildman–Crippen MR) is 84.9 cm³/mol. The quantitative estimate of drug-likeness (QED) is 0.862. The molecule has 1 aromatic heterocycles. The minimum Gasteiger partial charge on any atom is -0.397 e. The summed E-state index contributed by atoms with van der Waals surface area (Å²) < 4.78 is 0. The van der Waals surface area contributed by atoms with Gasteiger partial charge < -0.3 is 10.6 Å². The zero-order valence-electron chi connectivity index (χ0n) is 12.2. The van der Waals surface area contributed by atoms with E-state index in [0.29, 0.717) is 12.1 Å². The Bertz CT molecular complexity index is 646. The maximum Gasteiger partial charge on any atom is 0.228 e. The van der Waals surface area contributed by atoms with E-state index in [2.05, 4.69) is 4.98 Å². The van der Waals surface area contributed by atoms with Gasteiger partial charge in [0.25, 0.3) is 0 Å². The van der Waals surface area contributed by atoms with E-state index in [-0.39, 0.29) is 5.91 Å². The highest BCUT2D eigenvalue weighted by Gasteiger charge is 2.16. The number of nitrogens with two attached hydrogens (primary N) is 1. The van der Waals surface area contributed by atoms with E-state index in [4.69, 9.17) is 5.73 Å². The summed E-state index contributed by atoms with van der Waals surface area (Å²) in [5.41, 5.74) is 8.22. The number of para-hydroxylation sites is 1. The van der Waals surface area contributed by atoms with Crippen LogP contribution in [0.1, 0.15) is 31.4 Å². The Morgan fingerprint density at radius 2 is 1.86 bits per heavy atom. The van der Waals surface area contributed by atoms with Gasteiger partial charge in [0.1, 0.15) is 0 Å². The van der Waals surface area contributed by atoms with E-state index in [0.717, 1.165) is 42.5 Å². The van der Waals surface area contributed by atoms with Crippen LogP contribution >= 0.6 is 0 Å². The third kappa shape index (κ3) is 3.15. The fourth-order valence-electron chi connectivity index (χ4n) is 2.90. The van der Waals surface area contributed by atoms with Gasteiger partial charge >= 0.3 is 0 Å². The molecule has 0 spiro atoms. The number of hydrogen-bond donors (Lipinski definition) is 1. The minimum atomic E-state index is 0.179. The van der Waals surface area contributed by atoms with Crippen LogP contribution in [-0.2, 0) is 11.2 Å². The van der Waals surface area contributed by atoms with E-state index in [1.54, 1.807) is 0 Å². The molecule has 1 aliphatic rings. The van der Waals surface area contributed by atoms with Crippen LogP contribution in [0.5, 0.6) is 0 Å². The summed E-state index contributed by atoms with van der Waals surface area (Å²) >= 11 is 0. The van der Waals surface area contributed by atoms with Crippen molar-refractivity contribution in [2.24, 2.45) is 0 Å². The molecule has 110 valence electrons. The summed E-state index contributed by atoms with van der Waals surface area (Å²) in [6, 6.07) is 9.66. The van der Waals surface area contributed by atoms with Crippen molar-refractivity contribution in [3.05, 3.63) is 36.0 Å². The summed E-state index contributed by atoms with van der Waals surface area (Å²) in [4.78, 5) is 18.9. The number of fused-ring (bicyclic) bond motifs is 1. The van der Waals surface area contributed by atoms with Crippen molar-refractivity contribution in [3.63, 3.8) is 0 Å². The van der Waals surface area contributed by atoms with Crippen LogP contribution < -0.4 is 5.73 Å². The number of carbonyl (C=O) groups is 1. The second kappa shape index (κ2) is 6.12. The normalized spacial score (nSPS) is 15.9. The van der Waals surface area contributed by atoms with Crippen LogP contribution in [0, 0.1) is 0 Å². The number of aromatic nitrogens is 1. The van der Waals surface area contributed by atoms with Crippen LogP contribution in [0.2, 0.25) is 0 Å². The molecule has 4 nitrogen and oxygen atoms in total.